The summed E-state index contributed by atoms with van der Waals surface area (Å²) in [4.78, 5) is 16.8. The number of Topliss-reactive ketones (excluding diaryl/α,β-unsaturated/α-hetero) is 1. The molecule has 1 unspecified atom stereocenters. The molecule has 4 rings (SSSR count). The van der Waals surface area contributed by atoms with Crippen molar-refractivity contribution in [1.82, 2.24) is 9.80 Å². The molecule has 1 fully saturated rings. The van der Waals surface area contributed by atoms with Gasteiger partial charge in [-0.15, -0.1) is 0 Å². The molecule has 3 aliphatic rings. The van der Waals surface area contributed by atoms with E-state index < -0.39 is 20.8 Å². The lowest BCUT2D eigenvalue weighted by atomic mass is 9.93. The van der Waals surface area contributed by atoms with Gasteiger partial charge in [0.25, 0.3) is 10.1 Å². The van der Waals surface area contributed by atoms with Crippen LogP contribution in [0.15, 0.2) is 64.2 Å². The summed E-state index contributed by atoms with van der Waals surface area (Å²) in [7, 11) is -2.48. The highest BCUT2D eigenvalue weighted by molar-refractivity contribution is 7.90. The number of carbonyl (C=O) groups is 1. The van der Waals surface area contributed by atoms with E-state index >= 15 is 0 Å². The quantitative estimate of drug-likeness (QED) is 0.795. The van der Waals surface area contributed by atoms with Crippen molar-refractivity contribution in [3.8, 4) is 0 Å². The van der Waals surface area contributed by atoms with E-state index in [0.717, 1.165) is 43.7 Å². The summed E-state index contributed by atoms with van der Waals surface area (Å²) in [5, 5.41) is 0. The molecule has 0 aromatic heterocycles. The van der Waals surface area contributed by atoms with Gasteiger partial charge >= 0.3 is 0 Å². The molecule has 6 nitrogen and oxygen atoms in total. The van der Waals surface area contributed by atoms with Crippen LogP contribution in [0.2, 0.25) is 0 Å². The zero-order valence-corrected chi connectivity index (χ0v) is 15.9. The van der Waals surface area contributed by atoms with Gasteiger partial charge in [0.2, 0.25) is 5.78 Å². The van der Waals surface area contributed by atoms with E-state index in [2.05, 4.69) is 29.0 Å². The van der Waals surface area contributed by atoms with Gasteiger partial charge < -0.3 is 9.80 Å². The van der Waals surface area contributed by atoms with E-state index in [1.165, 1.54) is 11.6 Å². The third-order valence-electron chi connectivity index (χ3n) is 5.52. The number of hydrogen-bond acceptors (Lipinski definition) is 5. The van der Waals surface area contributed by atoms with Crippen LogP contribution in [-0.4, -0.2) is 61.3 Å². The van der Waals surface area contributed by atoms with Gasteiger partial charge in [-0.2, -0.15) is 8.42 Å². The Morgan fingerprint density at radius 2 is 1.93 bits per heavy atom. The molecule has 0 amide bonds. The summed E-state index contributed by atoms with van der Waals surface area (Å²) in [6, 6.07) is 10.2. The second-order valence-corrected chi connectivity index (χ2v) is 8.63. The third kappa shape index (κ3) is 3.26. The number of carbonyl (C=O) groups excluding carboxylic acids is 1. The fraction of sp³-hybridized carbons (Fsp3) is 0.350. The summed E-state index contributed by atoms with van der Waals surface area (Å²) in [6.45, 7) is 2.36. The number of likely N-dealkylation sites (N-methyl/N-ethyl adjacent to an activating group) is 1. The van der Waals surface area contributed by atoms with Gasteiger partial charge in [-0.05, 0) is 43.2 Å². The number of hydrogen-bond donors (Lipinski definition) is 1. The molecule has 7 heteroatoms. The van der Waals surface area contributed by atoms with Crippen LogP contribution >= 0.6 is 0 Å². The molecule has 1 aromatic rings. The minimum Gasteiger partial charge on any atom is -0.363 e. The Morgan fingerprint density at radius 1 is 1.19 bits per heavy atom. The highest BCUT2D eigenvalue weighted by atomic mass is 32.2. The number of fused-ring (bicyclic) bond motifs is 2. The SMILES string of the molecule is CN1CCC2=C3C(=O)C(S(=O)(=O)O)=CC=C3N(CCc3ccccc3)C2C1. The standard InChI is InChI=1S/C20H22N2O4S/c1-21-11-10-15-17(13-21)22(12-9-14-5-3-2-4-6-14)16-7-8-18(27(24,25)26)20(23)19(15)16/h2-8,17H,9-13H2,1H3,(H,24,25,26). The molecule has 1 aromatic carbocycles. The van der Waals surface area contributed by atoms with Crippen LogP contribution in [0.1, 0.15) is 12.0 Å². The van der Waals surface area contributed by atoms with Crippen LogP contribution in [0, 0.1) is 0 Å². The van der Waals surface area contributed by atoms with Gasteiger partial charge in [0.15, 0.2) is 0 Å². The zero-order valence-electron chi connectivity index (χ0n) is 15.1. The number of rotatable bonds is 4. The van der Waals surface area contributed by atoms with E-state index in [4.69, 9.17) is 0 Å². The predicted molar refractivity (Wildman–Crippen MR) is 103 cm³/mol. The first-order valence-electron chi connectivity index (χ1n) is 9.03. The van der Waals surface area contributed by atoms with Crippen LogP contribution in [0.25, 0.3) is 0 Å². The highest BCUT2D eigenvalue weighted by Crippen LogP contribution is 2.41. The second kappa shape index (κ2) is 6.74. The van der Waals surface area contributed by atoms with Crippen molar-refractivity contribution in [2.45, 2.75) is 18.9 Å². The Morgan fingerprint density at radius 3 is 2.63 bits per heavy atom. The summed E-state index contributed by atoms with van der Waals surface area (Å²) in [6.07, 6.45) is 4.45. The lowest BCUT2D eigenvalue weighted by molar-refractivity contribution is -0.111. The van der Waals surface area contributed by atoms with E-state index in [9.17, 15) is 17.8 Å². The maximum Gasteiger partial charge on any atom is 0.298 e. The molecule has 0 spiro atoms. The fourth-order valence-corrected chi connectivity index (χ4v) is 4.77. The fourth-order valence-electron chi connectivity index (χ4n) is 4.20. The van der Waals surface area contributed by atoms with Gasteiger partial charge in [-0.1, -0.05) is 30.3 Å². The highest BCUT2D eigenvalue weighted by Gasteiger charge is 2.44. The number of benzene rings is 1. The Labute approximate surface area is 159 Å². The molecule has 1 N–H and O–H groups in total. The largest absolute Gasteiger partial charge is 0.363 e. The average molecular weight is 386 g/mol. The summed E-state index contributed by atoms with van der Waals surface area (Å²) >= 11 is 0. The van der Waals surface area contributed by atoms with Gasteiger partial charge in [0.1, 0.15) is 4.91 Å². The minimum absolute atomic E-state index is 0.0619. The first-order valence-corrected chi connectivity index (χ1v) is 10.5. The number of ketones is 1. The Bertz CT molecular complexity index is 976. The van der Waals surface area contributed by atoms with Crippen LogP contribution in [0.3, 0.4) is 0 Å². The summed E-state index contributed by atoms with van der Waals surface area (Å²) in [5.41, 5.74) is 3.45. The lowest BCUT2D eigenvalue weighted by Crippen LogP contribution is -2.44. The second-order valence-electron chi connectivity index (χ2n) is 7.24. The molecule has 1 atom stereocenters. The van der Waals surface area contributed by atoms with E-state index in [1.807, 2.05) is 18.2 Å². The monoisotopic (exact) mass is 386 g/mol. The third-order valence-corrected chi connectivity index (χ3v) is 6.40. The maximum atomic E-state index is 12.9. The zero-order chi connectivity index (χ0) is 19.2. The van der Waals surface area contributed by atoms with Gasteiger partial charge in [-0.25, -0.2) is 0 Å². The van der Waals surface area contributed by atoms with Gasteiger partial charge in [0, 0.05) is 30.9 Å². The lowest BCUT2D eigenvalue weighted by Gasteiger charge is -2.36. The Hall–Kier alpha value is -2.22. The Balaban J connectivity index is 1.70. The predicted octanol–water partition coefficient (Wildman–Crippen LogP) is 1.78. The molecule has 2 heterocycles. The first-order chi connectivity index (χ1) is 12.9. The van der Waals surface area contributed by atoms with Crippen molar-refractivity contribution in [2.75, 3.05) is 26.7 Å². The average Bonchev–Trinajstić information content (AvgIpc) is 2.93. The summed E-state index contributed by atoms with van der Waals surface area (Å²) < 4.78 is 32.6. The van der Waals surface area contributed by atoms with E-state index in [-0.39, 0.29) is 6.04 Å². The van der Waals surface area contributed by atoms with Crippen molar-refractivity contribution in [2.24, 2.45) is 0 Å². The normalized spacial score (nSPS) is 23.1. The molecule has 2 aliphatic heterocycles. The van der Waals surface area contributed by atoms with Crippen LogP contribution in [-0.2, 0) is 21.3 Å². The van der Waals surface area contributed by atoms with Crippen LogP contribution in [0.5, 0.6) is 0 Å². The number of piperidine rings is 1. The number of allylic oxidation sites excluding steroid dienone is 4. The van der Waals surface area contributed by atoms with Crippen LogP contribution in [0.4, 0.5) is 0 Å². The minimum atomic E-state index is -4.53. The number of nitrogens with zero attached hydrogens (tertiary/aromatic N) is 2. The van der Waals surface area contributed by atoms with Gasteiger partial charge in [0.05, 0.1) is 6.04 Å². The van der Waals surface area contributed by atoms with E-state index in [1.54, 1.807) is 6.08 Å². The van der Waals surface area contributed by atoms with E-state index in [0.29, 0.717) is 5.57 Å². The molecule has 142 valence electrons. The van der Waals surface area contributed by atoms with Gasteiger partial charge in [-0.3, -0.25) is 9.35 Å². The van der Waals surface area contributed by atoms with Crippen molar-refractivity contribution in [3.63, 3.8) is 0 Å². The molecular formula is C20H22N2O4S. The summed E-state index contributed by atoms with van der Waals surface area (Å²) in [5.74, 6) is -0.582. The van der Waals surface area contributed by atoms with Crippen molar-refractivity contribution in [3.05, 3.63) is 69.8 Å². The van der Waals surface area contributed by atoms with Crippen molar-refractivity contribution in [1.29, 1.82) is 0 Å². The van der Waals surface area contributed by atoms with Crippen molar-refractivity contribution >= 4 is 15.9 Å². The molecule has 0 saturated carbocycles. The first kappa shape index (κ1) is 18.2. The maximum absolute atomic E-state index is 12.9. The molecule has 0 radical (unpaired) electrons. The topological polar surface area (TPSA) is 77.9 Å². The Kier molecular flexibility index (Phi) is 4.53. The molecule has 0 bridgehead atoms. The molecular weight excluding hydrogens is 364 g/mol. The molecule has 1 saturated heterocycles. The smallest absolute Gasteiger partial charge is 0.298 e. The molecule has 1 aliphatic carbocycles. The number of likely N-dealkylation sites (tertiary alicyclic amines) is 1. The molecule has 27 heavy (non-hydrogen) atoms. The van der Waals surface area contributed by atoms with Crippen molar-refractivity contribution < 1.29 is 17.8 Å². The van der Waals surface area contributed by atoms with Crippen LogP contribution < -0.4 is 0 Å².